The summed E-state index contributed by atoms with van der Waals surface area (Å²) < 4.78 is 3.72. The normalized spacial score (nSPS) is 11.6. The van der Waals surface area contributed by atoms with Crippen LogP contribution in [-0.2, 0) is 17.9 Å². The Morgan fingerprint density at radius 3 is 2.37 bits per heavy atom. The van der Waals surface area contributed by atoms with Crippen molar-refractivity contribution in [3.8, 4) is 17.1 Å². The van der Waals surface area contributed by atoms with E-state index < -0.39 is 5.41 Å². The smallest absolute Gasteiger partial charge is 0.233 e. The van der Waals surface area contributed by atoms with Crippen molar-refractivity contribution in [3.63, 3.8) is 0 Å². The van der Waals surface area contributed by atoms with Gasteiger partial charge in [0.15, 0.2) is 17.0 Å². The summed E-state index contributed by atoms with van der Waals surface area (Å²) in [5.41, 5.74) is 4.89. The van der Waals surface area contributed by atoms with Crippen molar-refractivity contribution in [2.75, 3.05) is 10.6 Å². The minimum atomic E-state index is -0.601. The summed E-state index contributed by atoms with van der Waals surface area (Å²) in [5.74, 6) is 1.22. The second-order valence-corrected chi connectivity index (χ2v) is 10.3. The average Bonchev–Trinajstić information content (AvgIpc) is 3.53. The van der Waals surface area contributed by atoms with E-state index >= 15 is 0 Å². The molecule has 0 aliphatic rings. The van der Waals surface area contributed by atoms with Gasteiger partial charge in [0.25, 0.3) is 0 Å². The number of carbonyl (C=O) groups excluding carboxylic acids is 1. The Hall–Kier alpha value is -4.53. The van der Waals surface area contributed by atoms with Crippen molar-refractivity contribution in [2.45, 2.75) is 47.7 Å². The van der Waals surface area contributed by atoms with Crippen LogP contribution in [0.3, 0.4) is 0 Å². The molecule has 5 rings (SSSR count). The molecule has 0 aliphatic heterocycles. The Balaban J connectivity index is 1.58. The van der Waals surface area contributed by atoms with Crippen LogP contribution in [0.2, 0.25) is 0 Å². The lowest BCUT2D eigenvalue weighted by Gasteiger charge is -2.17. The van der Waals surface area contributed by atoms with Crippen molar-refractivity contribution < 1.29 is 4.79 Å². The molecule has 0 saturated heterocycles. The minimum Gasteiger partial charge on any atom is -0.350 e. The maximum absolute atomic E-state index is 12.9. The van der Waals surface area contributed by atoms with Crippen molar-refractivity contribution in [1.29, 1.82) is 0 Å². The number of rotatable bonds is 7. The highest BCUT2D eigenvalue weighted by molar-refractivity contribution is 6.00. The van der Waals surface area contributed by atoms with Crippen LogP contribution in [-0.4, -0.2) is 35.2 Å². The number of aryl methyl sites for hydroxylation is 2. The van der Waals surface area contributed by atoms with Crippen molar-refractivity contribution in [1.82, 2.24) is 29.3 Å². The zero-order valence-corrected chi connectivity index (χ0v) is 22.4. The lowest BCUT2D eigenvalue weighted by molar-refractivity contribution is -0.123. The summed E-state index contributed by atoms with van der Waals surface area (Å²) in [5, 5.41) is 10.9. The van der Waals surface area contributed by atoms with Gasteiger partial charge in [0.1, 0.15) is 0 Å². The predicted octanol–water partition coefficient (Wildman–Crippen LogP) is 5.60. The maximum Gasteiger partial charge on any atom is 0.233 e. The Morgan fingerprint density at radius 1 is 0.947 bits per heavy atom. The summed E-state index contributed by atoms with van der Waals surface area (Å²) in [6.07, 6.45) is 3.78. The second kappa shape index (κ2) is 10.1. The van der Waals surface area contributed by atoms with Crippen LogP contribution >= 0.6 is 0 Å². The first-order valence-electron chi connectivity index (χ1n) is 12.7. The van der Waals surface area contributed by atoms with Crippen LogP contribution in [0.4, 0.5) is 11.8 Å². The number of anilines is 2. The highest BCUT2D eigenvalue weighted by Crippen LogP contribution is 2.28. The van der Waals surface area contributed by atoms with Gasteiger partial charge in [-0.25, -0.2) is 9.67 Å². The van der Waals surface area contributed by atoms with Gasteiger partial charge in [0.2, 0.25) is 17.8 Å². The van der Waals surface area contributed by atoms with Gasteiger partial charge in [-0.2, -0.15) is 15.1 Å². The molecule has 1 amide bonds. The number of hydrogen-bond donors (Lipinski definition) is 2. The summed E-state index contributed by atoms with van der Waals surface area (Å²) in [4.78, 5) is 27.3. The standard InChI is InChI=1S/C29H32N8O/c1-6-36-25-23(32-28(36)37-18-22(17-31-37)21-14-12-19(2)13-15-21)24(33-26(38)29(3,4)5)34-27(35-25)30-16-20-10-8-7-9-11-20/h7-15,17-18H,6,16H2,1-5H3,(H2,30,33,34,35,38). The Labute approximate surface area is 222 Å². The minimum absolute atomic E-state index is 0.153. The van der Waals surface area contributed by atoms with Crippen LogP contribution in [0.15, 0.2) is 67.0 Å². The quantitative estimate of drug-likeness (QED) is 0.296. The fraction of sp³-hybridized carbons (Fsp3) is 0.276. The third-order valence-corrected chi connectivity index (χ3v) is 6.27. The molecule has 0 spiro atoms. The number of aromatic nitrogens is 6. The molecule has 5 aromatic rings. The molecule has 2 aromatic carbocycles. The third kappa shape index (κ3) is 5.13. The van der Waals surface area contributed by atoms with Crippen LogP contribution in [0.25, 0.3) is 28.2 Å². The molecule has 38 heavy (non-hydrogen) atoms. The molecule has 9 heteroatoms. The molecule has 0 saturated carbocycles. The fourth-order valence-electron chi connectivity index (χ4n) is 4.02. The SMILES string of the molecule is CCn1c(-n2cc(-c3ccc(C)cc3)cn2)nc2c(NC(=O)C(C)(C)C)nc(NCc3ccccc3)nc21. The number of benzene rings is 2. The summed E-state index contributed by atoms with van der Waals surface area (Å²) in [7, 11) is 0. The summed E-state index contributed by atoms with van der Waals surface area (Å²) in [6.45, 7) is 10.8. The van der Waals surface area contributed by atoms with Gasteiger partial charge in [-0.1, -0.05) is 80.9 Å². The molecule has 3 aromatic heterocycles. The Kier molecular flexibility index (Phi) is 6.67. The van der Waals surface area contributed by atoms with E-state index in [9.17, 15) is 4.79 Å². The molecule has 0 bridgehead atoms. The van der Waals surface area contributed by atoms with Gasteiger partial charge >= 0.3 is 0 Å². The topological polar surface area (TPSA) is 103 Å². The van der Waals surface area contributed by atoms with Gasteiger partial charge in [-0.15, -0.1) is 0 Å². The number of amides is 1. The summed E-state index contributed by atoms with van der Waals surface area (Å²) in [6, 6.07) is 18.3. The molecular weight excluding hydrogens is 476 g/mol. The molecule has 0 unspecified atom stereocenters. The second-order valence-electron chi connectivity index (χ2n) is 10.3. The zero-order valence-electron chi connectivity index (χ0n) is 22.4. The first-order chi connectivity index (χ1) is 18.2. The molecule has 0 radical (unpaired) electrons. The van der Waals surface area contributed by atoms with E-state index in [1.807, 2.05) is 75.0 Å². The van der Waals surface area contributed by atoms with Gasteiger partial charge in [-0.3, -0.25) is 9.36 Å². The van der Waals surface area contributed by atoms with E-state index in [-0.39, 0.29) is 5.91 Å². The number of fused-ring (bicyclic) bond motifs is 1. The largest absolute Gasteiger partial charge is 0.350 e. The van der Waals surface area contributed by atoms with E-state index in [1.54, 1.807) is 4.68 Å². The number of hydrogen-bond acceptors (Lipinski definition) is 6. The maximum atomic E-state index is 12.9. The third-order valence-electron chi connectivity index (χ3n) is 6.27. The fourth-order valence-corrected chi connectivity index (χ4v) is 4.02. The number of nitrogens with one attached hydrogen (secondary N) is 2. The van der Waals surface area contributed by atoms with E-state index in [0.29, 0.717) is 42.0 Å². The van der Waals surface area contributed by atoms with Gasteiger partial charge in [-0.05, 0) is 25.0 Å². The average molecular weight is 509 g/mol. The molecule has 0 fully saturated rings. The number of nitrogens with zero attached hydrogens (tertiary/aromatic N) is 6. The molecule has 194 valence electrons. The molecule has 2 N–H and O–H groups in total. The first-order valence-corrected chi connectivity index (χ1v) is 12.7. The molecule has 9 nitrogen and oxygen atoms in total. The molecule has 3 heterocycles. The monoisotopic (exact) mass is 508 g/mol. The predicted molar refractivity (Wildman–Crippen MR) is 150 cm³/mol. The molecule has 0 aliphatic carbocycles. The van der Waals surface area contributed by atoms with E-state index in [0.717, 1.165) is 16.7 Å². The first kappa shape index (κ1) is 25.1. The molecule has 0 atom stereocenters. The van der Waals surface area contributed by atoms with Crippen LogP contribution in [0, 0.1) is 12.3 Å². The highest BCUT2D eigenvalue weighted by atomic mass is 16.2. The lowest BCUT2D eigenvalue weighted by atomic mass is 9.96. The van der Waals surface area contributed by atoms with Crippen molar-refractivity contribution in [2.24, 2.45) is 5.41 Å². The number of carbonyl (C=O) groups is 1. The van der Waals surface area contributed by atoms with Crippen LogP contribution < -0.4 is 10.6 Å². The van der Waals surface area contributed by atoms with Crippen molar-refractivity contribution in [3.05, 3.63) is 78.1 Å². The lowest BCUT2D eigenvalue weighted by Crippen LogP contribution is -2.28. The molecular formula is C29H32N8O. The van der Waals surface area contributed by atoms with E-state index in [2.05, 4.69) is 51.9 Å². The van der Waals surface area contributed by atoms with Gasteiger partial charge in [0.05, 0.1) is 6.20 Å². The van der Waals surface area contributed by atoms with Crippen LogP contribution in [0.5, 0.6) is 0 Å². The Morgan fingerprint density at radius 2 is 1.68 bits per heavy atom. The summed E-state index contributed by atoms with van der Waals surface area (Å²) >= 11 is 0. The highest BCUT2D eigenvalue weighted by Gasteiger charge is 2.25. The van der Waals surface area contributed by atoms with E-state index in [1.165, 1.54) is 5.56 Å². The van der Waals surface area contributed by atoms with Gasteiger partial charge in [0, 0.05) is 30.3 Å². The number of imidazole rings is 1. The van der Waals surface area contributed by atoms with Crippen molar-refractivity contribution >= 4 is 28.8 Å². The van der Waals surface area contributed by atoms with Crippen LogP contribution in [0.1, 0.15) is 38.8 Å². The van der Waals surface area contributed by atoms with Gasteiger partial charge < -0.3 is 10.6 Å². The Bertz CT molecular complexity index is 1580. The van der Waals surface area contributed by atoms with E-state index in [4.69, 9.17) is 9.97 Å². The zero-order chi connectivity index (χ0) is 26.9.